The van der Waals surface area contributed by atoms with Crippen LogP contribution in [0.3, 0.4) is 0 Å². The van der Waals surface area contributed by atoms with E-state index in [0.29, 0.717) is 19.8 Å². The number of likely N-dealkylation sites (N-methyl/N-ethyl adjacent to an activating group) is 1. The van der Waals surface area contributed by atoms with E-state index in [1.165, 1.54) is 0 Å². The van der Waals surface area contributed by atoms with Crippen molar-refractivity contribution in [1.82, 2.24) is 9.21 Å². The molecule has 0 bridgehead atoms. The van der Waals surface area contributed by atoms with Crippen molar-refractivity contribution in [1.29, 1.82) is 0 Å². The van der Waals surface area contributed by atoms with Crippen LogP contribution < -0.4 is 0 Å². The topological polar surface area (TPSA) is 49.9 Å². The van der Waals surface area contributed by atoms with E-state index in [1.807, 2.05) is 49.3 Å². The highest BCUT2D eigenvalue weighted by Gasteiger charge is 2.31. The predicted octanol–water partition coefficient (Wildman–Crippen LogP) is 1.56. The molecule has 5 nitrogen and oxygen atoms in total. The molecule has 0 unspecified atom stereocenters. The molecule has 1 aliphatic heterocycles. The maximum Gasteiger partial charge on any atom is 0.218 e. The lowest BCUT2D eigenvalue weighted by molar-refractivity contribution is 0.0572. The Morgan fingerprint density at radius 2 is 1.73 bits per heavy atom. The van der Waals surface area contributed by atoms with Crippen LogP contribution in [-0.2, 0) is 20.5 Å². The molecular weight excluding hydrogens is 300 g/mol. The molecule has 0 aromatic heterocycles. The van der Waals surface area contributed by atoms with Crippen molar-refractivity contribution in [2.24, 2.45) is 0 Å². The number of hydrogen-bond donors (Lipinski definition) is 0. The Kier molecular flexibility index (Phi) is 6.37. The Hall–Kier alpha value is -0.950. The number of nitrogens with zero attached hydrogens (tertiary/aromatic N) is 2. The van der Waals surface area contributed by atoms with Crippen LogP contribution in [0.15, 0.2) is 30.3 Å². The van der Waals surface area contributed by atoms with Crippen LogP contribution >= 0.6 is 0 Å². The SMILES string of the molecule is CN(C)CCN(C1CCOCC1)S(=O)(=O)Cc1ccccc1. The van der Waals surface area contributed by atoms with Gasteiger partial charge in [0.1, 0.15) is 0 Å². The summed E-state index contributed by atoms with van der Waals surface area (Å²) in [5, 5.41) is 0. The average molecular weight is 326 g/mol. The number of ether oxygens (including phenoxy) is 1. The molecule has 0 radical (unpaired) electrons. The summed E-state index contributed by atoms with van der Waals surface area (Å²) >= 11 is 0. The highest BCUT2D eigenvalue weighted by molar-refractivity contribution is 7.88. The molecular formula is C16H26N2O3S. The molecule has 0 saturated carbocycles. The zero-order valence-electron chi connectivity index (χ0n) is 13.4. The normalized spacial score (nSPS) is 17.3. The zero-order chi connectivity index (χ0) is 16.0. The summed E-state index contributed by atoms with van der Waals surface area (Å²) in [4.78, 5) is 2.02. The Balaban J connectivity index is 2.14. The van der Waals surface area contributed by atoms with Crippen molar-refractivity contribution in [2.75, 3.05) is 40.4 Å². The second kappa shape index (κ2) is 8.06. The molecule has 1 saturated heterocycles. The van der Waals surface area contributed by atoms with Crippen molar-refractivity contribution in [3.8, 4) is 0 Å². The quantitative estimate of drug-likeness (QED) is 0.763. The van der Waals surface area contributed by atoms with E-state index in [1.54, 1.807) is 4.31 Å². The summed E-state index contributed by atoms with van der Waals surface area (Å²) in [6, 6.07) is 9.45. The fraction of sp³-hybridized carbons (Fsp3) is 0.625. The fourth-order valence-corrected chi connectivity index (χ4v) is 4.49. The van der Waals surface area contributed by atoms with Crippen LogP contribution in [0.25, 0.3) is 0 Å². The van der Waals surface area contributed by atoms with Crippen molar-refractivity contribution in [3.63, 3.8) is 0 Å². The highest BCUT2D eigenvalue weighted by atomic mass is 32.2. The first-order valence-corrected chi connectivity index (χ1v) is 9.36. The summed E-state index contributed by atoms with van der Waals surface area (Å²) in [7, 11) is 0.609. The van der Waals surface area contributed by atoms with Gasteiger partial charge in [0.15, 0.2) is 0 Å². The summed E-state index contributed by atoms with van der Waals surface area (Å²) in [6.45, 7) is 2.55. The van der Waals surface area contributed by atoms with Gasteiger partial charge in [-0.2, -0.15) is 4.31 Å². The maximum atomic E-state index is 12.9. The Bertz CT molecular complexity index is 540. The fourth-order valence-electron chi connectivity index (χ4n) is 2.69. The van der Waals surface area contributed by atoms with Gasteiger partial charge < -0.3 is 9.64 Å². The maximum absolute atomic E-state index is 12.9. The van der Waals surface area contributed by atoms with Crippen LogP contribution in [0.5, 0.6) is 0 Å². The molecule has 0 aliphatic carbocycles. The minimum absolute atomic E-state index is 0.0578. The Labute approximate surface area is 133 Å². The molecule has 0 atom stereocenters. The third-order valence-electron chi connectivity index (χ3n) is 3.91. The van der Waals surface area contributed by atoms with Gasteiger partial charge in [-0.3, -0.25) is 0 Å². The van der Waals surface area contributed by atoms with Crippen LogP contribution in [0.1, 0.15) is 18.4 Å². The van der Waals surface area contributed by atoms with Crippen LogP contribution in [-0.4, -0.2) is 64.1 Å². The van der Waals surface area contributed by atoms with Gasteiger partial charge in [0, 0.05) is 32.3 Å². The van der Waals surface area contributed by atoms with Crippen molar-refractivity contribution in [3.05, 3.63) is 35.9 Å². The molecule has 1 aromatic carbocycles. The number of sulfonamides is 1. The van der Waals surface area contributed by atoms with E-state index >= 15 is 0 Å². The largest absolute Gasteiger partial charge is 0.381 e. The lowest BCUT2D eigenvalue weighted by Gasteiger charge is -2.34. The monoisotopic (exact) mass is 326 g/mol. The van der Waals surface area contributed by atoms with Gasteiger partial charge in [0.2, 0.25) is 10.0 Å². The van der Waals surface area contributed by atoms with Crippen molar-refractivity contribution >= 4 is 10.0 Å². The Morgan fingerprint density at radius 3 is 2.32 bits per heavy atom. The number of rotatable bonds is 7. The van der Waals surface area contributed by atoms with Gasteiger partial charge in [-0.1, -0.05) is 30.3 Å². The third-order valence-corrected chi connectivity index (χ3v) is 5.81. The summed E-state index contributed by atoms with van der Waals surface area (Å²) in [5.74, 6) is 0.0681. The van der Waals surface area contributed by atoms with Gasteiger partial charge in [-0.25, -0.2) is 8.42 Å². The molecule has 0 amide bonds. The minimum atomic E-state index is -3.32. The van der Waals surface area contributed by atoms with Crippen molar-refractivity contribution in [2.45, 2.75) is 24.6 Å². The molecule has 22 heavy (non-hydrogen) atoms. The van der Waals surface area contributed by atoms with Gasteiger partial charge in [-0.05, 0) is 32.5 Å². The number of hydrogen-bond acceptors (Lipinski definition) is 4. The molecule has 1 fully saturated rings. The lowest BCUT2D eigenvalue weighted by atomic mass is 10.1. The van der Waals surface area contributed by atoms with E-state index in [4.69, 9.17) is 4.74 Å². The van der Waals surface area contributed by atoms with Gasteiger partial charge in [-0.15, -0.1) is 0 Å². The van der Waals surface area contributed by atoms with E-state index in [0.717, 1.165) is 24.9 Å². The van der Waals surface area contributed by atoms with E-state index in [2.05, 4.69) is 0 Å². The molecule has 0 spiro atoms. The molecule has 0 N–H and O–H groups in total. The smallest absolute Gasteiger partial charge is 0.218 e. The van der Waals surface area contributed by atoms with E-state index < -0.39 is 10.0 Å². The van der Waals surface area contributed by atoms with Gasteiger partial charge in [0.25, 0.3) is 0 Å². The van der Waals surface area contributed by atoms with Crippen LogP contribution in [0.4, 0.5) is 0 Å². The van der Waals surface area contributed by atoms with Gasteiger partial charge >= 0.3 is 0 Å². The predicted molar refractivity (Wildman–Crippen MR) is 88.2 cm³/mol. The number of benzene rings is 1. The summed E-state index contributed by atoms with van der Waals surface area (Å²) in [5.41, 5.74) is 0.837. The average Bonchev–Trinajstić information content (AvgIpc) is 2.48. The first-order chi connectivity index (χ1) is 10.5. The van der Waals surface area contributed by atoms with Crippen LogP contribution in [0.2, 0.25) is 0 Å². The molecule has 124 valence electrons. The first-order valence-electron chi connectivity index (χ1n) is 7.75. The standard InChI is InChI=1S/C16H26N2O3S/c1-17(2)10-11-18(16-8-12-21-13-9-16)22(19,20)14-15-6-4-3-5-7-15/h3-7,16H,8-14H2,1-2H3. The third kappa shape index (κ3) is 5.05. The van der Waals surface area contributed by atoms with Gasteiger partial charge in [0.05, 0.1) is 5.75 Å². The summed E-state index contributed by atoms with van der Waals surface area (Å²) in [6.07, 6.45) is 1.56. The molecule has 1 heterocycles. The molecule has 2 rings (SSSR count). The zero-order valence-corrected chi connectivity index (χ0v) is 14.3. The minimum Gasteiger partial charge on any atom is -0.381 e. The first kappa shape index (κ1) is 17.4. The van der Waals surface area contributed by atoms with Crippen molar-refractivity contribution < 1.29 is 13.2 Å². The van der Waals surface area contributed by atoms with Crippen LogP contribution in [0, 0.1) is 0 Å². The highest BCUT2D eigenvalue weighted by Crippen LogP contribution is 2.20. The van der Waals surface area contributed by atoms with E-state index in [-0.39, 0.29) is 11.8 Å². The summed E-state index contributed by atoms with van der Waals surface area (Å²) < 4.78 is 32.8. The second-order valence-corrected chi connectivity index (χ2v) is 7.92. The second-order valence-electron chi connectivity index (χ2n) is 6.00. The molecule has 1 aliphatic rings. The Morgan fingerprint density at radius 1 is 1.09 bits per heavy atom. The molecule has 6 heteroatoms. The lowest BCUT2D eigenvalue weighted by Crippen LogP contribution is -2.46. The molecule has 1 aromatic rings. The van der Waals surface area contributed by atoms with E-state index in [9.17, 15) is 8.42 Å².